The average Bonchev–Trinajstić information content (AvgIpc) is 3.70. The van der Waals surface area contributed by atoms with Gasteiger partial charge in [-0.3, -0.25) is 9.69 Å². The fourth-order valence-electron chi connectivity index (χ4n) is 6.37. The molecule has 2 N–H and O–H groups in total. The molecule has 0 bridgehead atoms. The molecule has 5 rings (SSSR count). The van der Waals surface area contributed by atoms with E-state index in [2.05, 4.69) is 61.3 Å². The predicted octanol–water partition coefficient (Wildman–Crippen LogP) is 6.43. The summed E-state index contributed by atoms with van der Waals surface area (Å²) in [5, 5.41) is 12.3. The normalized spacial score (nSPS) is 17.6. The van der Waals surface area contributed by atoms with Gasteiger partial charge in [-0.15, -0.1) is 0 Å². The highest BCUT2D eigenvalue weighted by atomic mass is 16.7. The number of methoxy groups -OCH3 is 1. The zero-order valence-electron chi connectivity index (χ0n) is 26.5. The average molecular weight is 603 g/mol. The standard InChI is InChI=1S/C36H46N2O6/c1-5-24-16-25(6-2)35(26(7-3)17-24)37-34(40)22-38-21-29(28-19-32(41-4)36-33(20-28)43-23-44-36)18-31(38)27-10-12-30(13-11-27)42-15-9-8-14-39/h10-13,16-17,19-20,29,31,39H,5-9,14-15,18,21-23H2,1-4H3,(H,37,40)/t29-,31-/m1/s1. The molecule has 2 aliphatic heterocycles. The van der Waals surface area contributed by atoms with Gasteiger partial charge in [-0.2, -0.15) is 0 Å². The highest BCUT2D eigenvalue weighted by Crippen LogP contribution is 2.47. The lowest BCUT2D eigenvalue weighted by Crippen LogP contribution is -2.33. The van der Waals surface area contributed by atoms with Crippen LogP contribution in [0.25, 0.3) is 0 Å². The highest BCUT2D eigenvalue weighted by Gasteiger charge is 2.36. The lowest BCUT2D eigenvalue weighted by atomic mass is 9.93. The SMILES string of the molecule is CCc1cc(CC)c(NC(=O)CN2C[C@H](c3cc(OC)c4c(c3)OCO4)C[C@@H]2c2ccc(OCCCCO)cc2)c(CC)c1. The largest absolute Gasteiger partial charge is 0.494 e. The Balaban J connectivity index is 1.38. The number of aryl methyl sites for hydroxylation is 3. The number of hydrogen-bond donors (Lipinski definition) is 2. The van der Waals surface area contributed by atoms with Gasteiger partial charge in [0.15, 0.2) is 11.5 Å². The summed E-state index contributed by atoms with van der Waals surface area (Å²) in [6.45, 7) is 8.38. The van der Waals surface area contributed by atoms with Gasteiger partial charge in [0.2, 0.25) is 18.4 Å². The Labute approximate surface area is 261 Å². The third-order valence-corrected chi connectivity index (χ3v) is 8.78. The van der Waals surface area contributed by atoms with Crippen LogP contribution in [0, 0.1) is 0 Å². The first kappa shape index (κ1) is 31.7. The van der Waals surface area contributed by atoms with E-state index in [-0.39, 0.29) is 37.8 Å². The molecule has 1 amide bonds. The van der Waals surface area contributed by atoms with Crippen LogP contribution < -0.4 is 24.3 Å². The first-order valence-electron chi connectivity index (χ1n) is 16.0. The van der Waals surface area contributed by atoms with Crippen molar-refractivity contribution in [2.75, 3.05) is 45.5 Å². The third kappa shape index (κ3) is 7.13. The molecular weight excluding hydrogens is 556 g/mol. The minimum atomic E-state index is -0.00333. The molecule has 0 radical (unpaired) electrons. The minimum absolute atomic E-state index is 0.00333. The van der Waals surface area contributed by atoms with E-state index in [1.807, 2.05) is 18.2 Å². The number of amides is 1. The van der Waals surface area contributed by atoms with Crippen LogP contribution >= 0.6 is 0 Å². The number of nitrogens with one attached hydrogen (secondary N) is 1. The second-order valence-corrected chi connectivity index (χ2v) is 11.6. The van der Waals surface area contributed by atoms with Crippen molar-refractivity contribution in [1.29, 1.82) is 0 Å². The molecular formula is C36H46N2O6. The lowest BCUT2D eigenvalue weighted by Gasteiger charge is -2.25. The molecule has 8 nitrogen and oxygen atoms in total. The number of ether oxygens (including phenoxy) is 4. The van der Waals surface area contributed by atoms with E-state index >= 15 is 0 Å². The van der Waals surface area contributed by atoms with Crippen molar-refractivity contribution in [2.24, 2.45) is 0 Å². The maximum atomic E-state index is 13.7. The summed E-state index contributed by atoms with van der Waals surface area (Å²) in [6.07, 6.45) is 5.09. The summed E-state index contributed by atoms with van der Waals surface area (Å²) in [7, 11) is 1.64. The smallest absolute Gasteiger partial charge is 0.238 e. The van der Waals surface area contributed by atoms with Crippen molar-refractivity contribution in [3.63, 3.8) is 0 Å². The topological polar surface area (TPSA) is 89.5 Å². The molecule has 1 saturated heterocycles. The molecule has 2 aliphatic rings. The van der Waals surface area contributed by atoms with Crippen LogP contribution in [-0.4, -0.2) is 56.1 Å². The highest BCUT2D eigenvalue weighted by molar-refractivity contribution is 5.94. The maximum Gasteiger partial charge on any atom is 0.238 e. The first-order chi connectivity index (χ1) is 21.5. The predicted molar refractivity (Wildman–Crippen MR) is 172 cm³/mol. The Morgan fingerprint density at radius 2 is 1.73 bits per heavy atom. The molecule has 1 fully saturated rings. The van der Waals surface area contributed by atoms with E-state index in [1.165, 1.54) is 16.7 Å². The maximum absolute atomic E-state index is 13.7. The number of aliphatic hydroxyl groups is 1. The second kappa shape index (κ2) is 14.8. The zero-order valence-corrected chi connectivity index (χ0v) is 26.5. The van der Waals surface area contributed by atoms with E-state index in [9.17, 15) is 4.79 Å². The summed E-state index contributed by atoms with van der Waals surface area (Å²) in [4.78, 5) is 16.0. The van der Waals surface area contributed by atoms with Gasteiger partial charge in [0.1, 0.15) is 5.75 Å². The van der Waals surface area contributed by atoms with Gasteiger partial charge in [-0.1, -0.05) is 45.0 Å². The van der Waals surface area contributed by atoms with Gasteiger partial charge in [-0.05, 0) is 96.5 Å². The van der Waals surface area contributed by atoms with Gasteiger partial charge >= 0.3 is 0 Å². The van der Waals surface area contributed by atoms with Gasteiger partial charge < -0.3 is 29.4 Å². The number of carbonyl (C=O) groups excluding carboxylic acids is 1. The van der Waals surface area contributed by atoms with Crippen molar-refractivity contribution in [2.45, 2.75) is 71.3 Å². The molecule has 236 valence electrons. The van der Waals surface area contributed by atoms with Crippen molar-refractivity contribution in [3.05, 3.63) is 76.3 Å². The number of likely N-dealkylation sites (tertiary alicyclic amines) is 1. The Morgan fingerprint density at radius 1 is 0.977 bits per heavy atom. The molecule has 0 saturated carbocycles. The van der Waals surface area contributed by atoms with E-state index < -0.39 is 0 Å². The summed E-state index contributed by atoms with van der Waals surface area (Å²) in [5.41, 5.74) is 6.90. The molecule has 3 aromatic carbocycles. The number of anilines is 1. The van der Waals surface area contributed by atoms with Crippen LogP contribution in [0.15, 0.2) is 48.5 Å². The Bertz CT molecular complexity index is 1400. The molecule has 3 aromatic rings. The van der Waals surface area contributed by atoms with Crippen LogP contribution in [-0.2, 0) is 24.1 Å². The van der Waals surface area contributed by atoms with E-state index in [0.29, 0.717) is 23.9 Å². The van der Waals surface area contributed by atoms with Crippen molar-refractivity contribution in [3.8, 4) is 23.0 Å². The monoisotopic (exact) mass is 602 g/mol. The lowest BCUT2D eigenvalue weighted by molar-refractivity contribution is -0.117. The second-order valence-electron chi connectivity index (χ2n) is 11.6. The molecule has 0 aliphatic carbocycles. The fourth-order valence-corrected chi connectivity index (χ4v) is 6.37. The Morgan fingerprint density at radius 3 is 2.39 bits per heavy atom. The van der Waals surface area contributed by atoms with E-state index in [1.54, 1.807) is 7.11 Å². The summed E-state index contributed by atoms with van der Waals surface area (Å²) >= 11 is 0. The van der Waals surface area contributed by atoms with Crippen LogP contribution in [0.3, 0.4) is 0 Å². The molecule has 2 atom stereocenters. The van der Waals surface area contributed by atoms with Crippen molar-refractivity contribution >= 4 is 11.6 Å². The van der Waals surface area contributed by atoms with Gasteiger partial charge in [-0.25, -0.2) is 0 Å². The minimum Gasteiger partial charge on any atom is -0.494 e. The quantitative estimate of drug-likeness (QED) is 0.206. The van der Waals surface area contributed by atoms with Gasteiger partial charge in [0.05, 0.1) is 20.3 Å². The number of rotatable bonds is 14. The number of fused-ring (bicyclic) bond motifs is 1. The van der Waals surface area contributed by atoms with Crippen LogP contribution in [0.4, 0.5) is 5.69 Å². The van der Waals surface area contributed by atoms with Crippen molar-refractivity contribution < 1.29 is 28.8 Å². The zero-order chi connectivity index (χ0) is 31.1. The third-order valence-electron chi connectivity index (χ3n) is 8.78. The Kier molecular flexibility index (Phi) is 10.7. The van der Waals surface area contributed by atoms with Crippen LogP contribution in [0.2, 0.25) is 0 Å². The molecule has 0 spiro atoms. The van der Waals surface area contributed by atoms with E-state index in [0.717, 1.165) is 67.6 Å². The van der Waals surface area contributed by atoms with Crippen molar-refractivity contribution in [1.82, 2.24) is 4.90 Å². The summed E-state index contributed by atoms with van der Waals surface area (Å²) in [6, 6.07) is 16.8. The summed E-state index contributed by atoms with van der Waals surface area (Å²) < 4.78 is 22.9. The first-order valence-corrected chi connectivity index (χ1v) is 16.0. The molecule has 0 aromatic heterocycles. The molecule has 44 heavy (non-hydrogen) atoms. The summed E-state index contributed by atoms with van der Waals surface area (Å²) in [5.74, 6) is 2.98. The number of unbranched alkanes of at least 4 members (excludes halogenated alkanes) is 1. The number of hydrogen-bond acceptors (Lipinski definition) is 7. The number of nitrogens with zero attached hydrogens (tertiary/aromatic N) is 1. The number of carbonyl (C=O) groups is 1. The van der Waals surface area contributed by atoms with E-state index in [4.69, 9.17) is 24.1 Å². The van der Waals surface area contributed by atoms with Gasteiger partial charge in [0.25, 0.3) is 0 Å². The number of aliphatic hydroxyl groups excluding tert-OH is 1. The Hall–Kier alpha value is -3.75. The molecule has 2 heterocycles. The van der Waals surface area contributed by atoms with Crippen LogP contribution in [0.5, 0.6) is 23.0 Å². The fraction of sp³-hybridized carbons (Fsp3) is 0.472. The molecule has 8 heteroatoms. The van der Waals surface area contributed by atoms with Gasteiger partial charge in [0, 0.05) is 24.9 Å². The van der Waals surface area contributed by atoms with Crippen LogP contribution in [0.1, 0.15) is 79.8 Å². The number of benzene rings is 3. The molecule has 0 unspecified atom stereocenters.